The van der Waals surface area contributed by atoms with Crippen molar-refractivity contribution < 1.29 is 14.2 Å². The number of benzene rings is 1. The normalized spacial score (nSPS) is 18.3. The number of hydrogen-bond acceptors (Lipinski definition) is 3. The van der Waals surface area contributed by atoms with Crippen molar-refractivity contribution in [2.75, 3.05) is 32.8 Å². The lowest BCUT2D eigenvalue weighted by molar-refractivity contribution is 0.188. The van der Waals surface area contributed by atoms with Gasteiger partial charge in [-0.15, -0.1) is 0 Å². The lowest BCUT2D eigenvalue weighted by Crippen LogP contribution is -2.40. The number of rotatable bonds is 7. The van der Waals surface area contributed by atoms with Crippen molar-refractivity contribution in [1.29, 1.82) is 0 Å². The number of nitrogens with one attached hydrogen (secondary N) is 1. The van der Waals surface area contributed by atoms with Crippen LogP contribution in [0, 0.1) is 5.82 Å². The molecule has 5 nitrogen and oxygen atoms in total. The second kappa shape index (κ2) is 9.35. The van der Waals surface area contributed by atoms with Crippen LogP contribution in [-0.4, -0.2) is 54.9 Å². The Hall–Kier alpha value is -1.82. The summed E-state index contributed by atoms with van der Waals surface area (Å²) in [6.07, 6.45) is 2.37. The fraction of sp³-hybridized carbons (Fsp3) is 0.588. The van der Waals surface area contributed by atoms with E-state index >= 15 is 0 Å². The number of halogens is 1. The molecule has 0 radical (unpaired) electrons. The molecule has 1 fully saturated rings. The molecule has 1 heterocycles. The number of nitrogens with zero attached hydrogens (tertiary/aromatic N) is 2. The number of ether oxygens (including phenoxy) is 1. The van der Waals surface area contributed by atoms with Gasteiger partial charge in [0.25, 0.3) is 0 Å². The molecule has 0 aliphatic carbocycles. The molecule has 0 saturated carbocycles. The maximum absolute atomic E-state index is 12.8. The van der Waals surface area contributed by atoms with E-state index in [-0.39, 0.29) is 11.9 Å². The second-order valence-corrected chi connectivity index (χ2v) is 5.63. The number of hydrogen-bond donors (Lipinski definition) is 2. The van der Waals surface area contributed by atoms with Crippen LogP contribution < -0.4 is 10.1 Å². The van der Waals surface area contributed by atoms with Crippen LogP contribution in [0.3, 0.4) is 0 Å². The summed E-state index contributed by atoms with van der Waals surface area (Å²) in [5.41, 5.74) is 0. The molecule has 1 aliphatic rings. The molecule has 1 saturated heterocycles. The van der Waals surface area contributed by atoms with Crippen LogP contribution in [0.15, 0.2) is 29.3 Å². The van der Waals surface area contributed by atoms with Gasteiger partial charge in [0.05, 0.1) is 12.7 Å². The minimum absolute atomic E-state index is 0.247. The van der Waals surface area contributed by atoms with Crippen molar-refractivity contribution >= 4 is 5.96 Å². The van der Waals surface area contributed by atoms with E-state index in [2.05, 4.69) is 15.2 Å². The zero-order valence-electron chi connectivity index (χ0n) is 13.7. The molecule has 128 valence electrons. The average molecular weight is 323 g/mol. The number of aliphatic imine (C=N–C) groups is 1. The molecule has 0 unspecified atom stereocenters. The Bertz CT molecular complexity index is 493. The molecule has 6 heteroatoms. The highest BCUT2D eigenvalue weighted by atomic mass is 19.1. The number of likely N-dealkylation sites (tertiary alicyclic amines) is 1. The monoisotopic (exact) mass is 323 g/mol. The minimum Gasteiger partial charge on any atom is -0.494 e. The molecule has 23 heavy (non-hydrogen) atoms. The van der Waals surface area contributed by atoms with Gasteiger partial charge in [-0.1, -0.05) is 0 Å². The van der Waals surface area contributed by atoms with E-state index in [0.29, 0.717) is 18.9 Å². The highest BCUT2D eigenvalue weighted by molar-refractivity contribution is 5.80. The molecular formula is C17H26FN3O2. The van der Waals surface area contributed by atoms with Gasteiger partial charge in [0.15, 0.2) is 5.96 Å². The maximum Gasteiger partial charge on any atom is 0.194 e. The first-order chi connectivity index (χ1) is 11.2. The lowest BCUT2D eigenvalue weighted by atomic mass is 10.3. The third-order valence-corrected chi connectivity index (χ3v) is 3.69. The number of β-amino-alcohol motifs (C(OH)–C–C–N with tert-alkyl or cyclic N) is 1. The first kappa shape index (κ1) is 17.5. The molecular weight excluding hydrogens is 297 g/mol. The Morgan fingerprint density at radius 1 is 1.39 bits per heavy atom. The number of aliphatic hydroxyl groups is 1. The summed E-state index contributed by atoms with van der Waals surface area (Å²) >= 11 is 0. The van der Waals surface area contributed by atoms with E-state index in [9.17, 15) is 9.50 Å². The molecule has 0 spiro atoms. The molecule has 1 aliphatic heterocycles. The number of guanidine groups is 1. The average Bonchev–Trinajstić information content (AvgIpc) is 2.97. The molecule has 1 aromatic carbocycles. The van der Waals surface area contributed by atoms with Crippen molar-refractivity contribution in [2.45, 2.75) is 32.3 Å². The van der Waals surface area contributed by atoms with E-state index in [1.54, 1.807) is 12.1 Å². The zero-order valence-corrected chi connectivity index (χ0v) is 13.7. The minimum atomic E-state index is -0.255. The van der Waals surface area contributed by atoms with E-state index in [0.717, 1.165) is 44.9 Å². The van der Waals surface area contributed by atoms with Crippen LogP contribution in [0.1, 0.15) is 26.2 Å². The molecule has 1 aromatic rings. The predicted molar refractivity (Wildman–Crippen MR) is 89.3 cm³/mol. The van der Waals surface area contributed by atoms with Gasteiger partial charge in [-0.2, -0.15) is 0 Å². The Balaban J connectivity index is 1.66. The van der Waals surface area contributed by atoms with Crippen molar-refractivity contribution in [2.24, 2.45) is 4.99 Å². The van der Waals surface area contributed by atoms with Crippen LogP contribution in [0.2, 0.25) is 0 Å². The summed E-state index contributed by atoms with van der Waals surface area (Å²) in [5, 5.41) is 12.9. The van der Waals surface area contributed by atoms with Crippen LogP contribution in [0.25, 0.3) is 0 Å². The van der Waals surface area contributed by atoms with Gasteiger partial charge in [-0.25, -0.2) is 4.39 Å². The van der Waals surface area contributed by atoms with E-state index in [1.165, 1.54) is 12.1 Å². The Labute approximate surface area is 137 Å². The SMILES string of the molecule is CCNC(=NCCCCOc1ccc(F)cc1)N1CC[C@@H](O)C1. The van der Waals surface area contributed by atoms with Crippen molar-refractivity contribution in [3.05, 3.63) is 30.1 Å². The standard InChI is InChI=1S/C17H26FN3O2/c1-2-19-17(21-11-9-15(22)13-21)20-10-3-4-12-23-16-7-5-14(18)6-8-16/h5-8,15,22H,2-4,9-13H2,1H3,(H,19,20)/t15-/m1/s1. The summed E-state index contributed by atoms with van der Waals surface area (Å²) in [4.78, 5) is 6.70. The summed E-state index contributed by atoms with van der Waals surface area (Å²) in [5.74, 6) is 1.31. The van der Waals surface area contributed by atoms with E-state index in [1.807, 2.05) is 6.92 Å². The fourth-order valence-corrected chi connectivity index (χ4v) is 2.48. The van der Waals surface area contributed by atoms with Crippen molar-refractivity contribution in [3.8, 4) is 5.75 Å². The molecule has 2 rings (SSSR count). The summed E-state index contributed by atoms with van der Waals surface area (Å²) < 4.78 is 18.3. The highest BCUT2D eigenvalue weighted by Crippen LogP contribution is 2.12. The van der Waals surface area contributed by atoms with Gasteiger partial charge in [0.2, 0.25) is 0 Å². The number of unbranched alkanes of at least 4 members (excludes halogenated alkanes) is 1. The van der Waals surface area contributed by atoms with Crippen LogP contribution in [0.5, 0.6) is 5.75 Å². The molecule has 0 amide bonds. The lowest BCUT2D eigenvalue weighted by Gasteiger charge is -2.20. The van der Waals surface area contributed by atoms with E-state index < -0.39 is 0 Å². The van der Waals surface area contributed by atoms with Crippen molar-refractivity contribution in [1.82, 2.24) is 10.2 Å². The molecule has 2 N–H and O–H groups in total. The molecule has 0 aromatic heterocycles. The Morgan fingerprint density at radius 3 is 2.83 bits per heavy atom. The zero-order chi connectivity index (χ0) is 16.5. The highest BCUT2D eigenvalue weighted by Gasteiger charge is 2.22. The number of aliphatic hydroxyl groups excluding tert-OH is 1. The quantitative estimate of drug-likeness (QED) is 0.458. The first-order valence-electron chi connectivity index (χ1n) is 8.28. The second-order valence-electron chi connectivity index (χ2n) is 5.63. The van der Waals surface area contributed by atoms with Gasteiger partial charge in [-0.05, 0) is 50.5 Å². The topological polar surface area (TPSA) is 57.1 Å². The maximum atomic E-state index is 12.8. The predicted octanol–water partition coefficient (Wildman–Crippen LogP) is 2.02. The summed E-state index contributed by atoms with van der Waals surface area (Å²) in [6, 6.07) is 6.06. The Kier molecular flexibility index (Phi) is 7.13. The fourth-order valence-electron chi connectivity index (χ4n) is 2.48. The Morgan fingerprint density at radius 2 is 2.17 bits per heavy atom. The van der Waals surface area contributed by atoms with Gasteiger partial charge < -0.3 is 20.1 Å². The van der Waals surface area contributed by atoms with Crippen LogP contribution in [0.4, 0.5) is 4.39 Å². The largest absolute Gasteiger partial charge is 0.494 e. The van der Waals surface area contributed by atoms with Gasteiger partial charge in [-0.3, -0.25) is 4.99 Å². The van der Waals surface area contributed by atoms with Gasteiger partial charge >= 0.3 is 0 Å². The van der Waals surface area contributed by atoms with Crippen LogP contribution in [-0.2, 0) is 0 Å². The van der Waals surface area contributed by atoms with Gasteiger partial charge in [0, 0.05) is 26.2 Å². The first-order valence-corrected chi connectivity index (χ1v) is 8.28. The van der Waals surface area contributed by atoms with Gasteiger partial charge in [0.1, 0.15) is 11.6 Å². The van der Waals surface area contributed by atoms with E-state index in [4.69, 9.17) is 4.74 Å². The summed E-state index contributed by atoms with van der Waals surface area (Å²) in [6.45, 7) is 5.68. The third kappa shape index (κ3) is 6.06. The smallest absolute Gasteiger partial charge is 0.194 e. The third-order valence-electron chi connectivity index (χ3n) is 3.69. The van der Waals surface area contributed by atoms with Crippen LogP contribution >= 0.6 is 0 Å². The summed E-state index contributed by atoms with van der Waals surface area (Å²) in [7, 11) is 0. The molecule has 1 atom stereocenters. The molecule has 0 bridgehead atoms. The van der Waals surface area contributed by atoms with Crippen molar-refractivity contribution in [3.63, 3.8) is 0 Å².